The number of morpholine rings is 1. The molecule has 1 atom stereocenters. The highest BCUT2D eigenvalue weighted by molar-refractivity contribution is 7.80. The van der Waals surface area contributed by atoms with Gasteiger partial charge in [-0.1, -0.05) is 25.2 Å². The quantitative estimate of drug-likeness (QED) is 0.575. The summed E-state index contributed by atoms with van der Waals surface area (Å²) in [6.45, 7) is 2.70. The third kappa shape index (κ3) is 1.37. The average Bonchev–Trinajstić information content (AvgIpc) is 2.05. The van der Waals surface area contributed by atoms with Crippen molar-refractivity contribution >= 4 is 17.2 Å². The summed E-state index contributed by atoms with van der Waals surface area (Å²) in [6, 6.07) is 0. The Kier molecular flexibility index (Phi) is 1.89. The molecule has 64 valence electrons. The van der Waals surface area contributed by atoms with E-state index in [9.17, 15) is 0 Å². The summed E-state index contributed by atoms with van der Waals surface area (Å²) in [5.74, 6) is 1.54. The second-order valence-electron chi connectivity index (χ2n) is 3.20. The normalized spacial score (nSPS) is 27.8. The first-order chi connectivity index (χ1) is 5.75. The molecule has 2 aliphatic rings. The van der Waals surface area contributed by atoms with Crippen LogP contribution in [0.2, 0.25) is 0 Å². The molecule has 1 aliphatic carbocycles. The molecule has 1 saturated heterocycles. The number of thiocarbonyl (C=S) groups is 1. The first-order valence-corrected chi connectivity index (χ1v) is 4.51. The average molecular weight is 181 g/mol. The van der Waals surface area contributed by atoms with Gasteiger partial charge < -0.3 is 10.1 Å². The molecule has 0 aromatic carbocycles. The Balaban J connectivity index is 2.22. The van der Waals surface area contributed by atoms with Gasteiger partial charge in [-0.3, -0.25) is 0 Å². The van der Waals surface area contributed by atoms with Crippen LogP contribution in [-0.2, 0) is 4.74 Å². The summed E-state index contributed by atoms with van der Waals surface area (Å²) in [7, 11) is 0. The molecule has 1 unspecified atom stereocenters. The minimum absolute atomic E-state index is 0.519. The Morgan fingerprint density at radius 1 is 1.67 bits per heavy atom. The third-order valence-corrected chi connectivity index (χ3v) is 2.25. The first kappa shape index (κ1) is 7.80. The number of nitrogens with one attached hydrogen (secondary N) is 1. The molecular formula is C9H11NOS. The number of rotatable bonds is 0. The molecule has 12 heavy (non-hydrogen) atoms. The number of allylic oxidation sites excluding steroid dienone is 2. The zero-order chi connectivity index (χ0) is 8.55. The minimum Gasteiger partial charge on any atom is -0.485 e. The van der Waals surface area contributed by atoms with Gasteiger partial charge in [0.15, 0.2) is 0 Å². The van der Waals surface area contributed by atoms with Crippen molar-refractivity contribution in [2.24, 2.45) is 5.92 Å². The molecule has 1 aliphatic heterocycles. The van der Waals surface area contributed by atoms with Crippen molar-refractivity contribution in [1.29, 1.82) is 0 Å². The van der Waals surface area contributed by atoms with Crippen LogP contribution < -0.4 is 5.32 Å². The van der Waals surface area contributed by atoms with Crippen LogP contribution >= 0.6 is 12.2 Å². The van der Waals surface area contributed by atoms with E-state index < -0.39 is 0 Å². The Morgan fingerprint density at radius 2 is 2.50 bits per heavy atom. The van der Waals surface area contributed by atoms with Crippen LogP contribution in [0.3, 0.4) is 0 Å². The summed E-state index contributed by atoms with van der Waals surface area (Å²) in [5.41, 5.74) is 1.05. The van der Waals surface area contributed by atoms with Gasteiger partial charge in [0.25, 0.3) is 0 Å². The molecule has 0 bridgehead atoms. The SMILES string of the molecule is CC1C=C2OCC(=S)NC2=CC1. The lowest BCUT2D eigenvalue weighted by Crippen LogP contribution is -2.33. The highest BCUT2D eigenvalue weighted by Gasteiger charge is 2.19. The Labute approximate surface area is 77.3 Å². The van der Waals surface area contributed by atoms with Gasteiger partial charge in [-0.2, -0.15) is 0 Å². The van der Waals surface area contributed by atoms with E-state index in [-0.39, 0.29) is 0 Å². The van der Waals surface area contributed by atoms with Gasteiger partial charge in [-0.15, -0.1) is 0 Å². The molecule has 0 saturated carbocycles. The Hall–Kier alpha value is -0.830. The predicted octanol–water partition coefficient (Wildman–Crippen LogP) is 1.74. The van der Waals surface area contributed by atoms with Crippen molar-refractivity contribution in [3.8, 4) is 0 Å². The summed E-state index contributed by atoms with van der Waals surface area (Å²) in [5, 5.41) is 3.14. The lowest BCUT2D eigenvalue weighted by molar-refractivity contribution is 0.247. The number of hydrogen-bond donors (Lipinski definition) is 1. The molecule has 1 N–H and O–H groups in total. The summed E-state index contributed by atoms with van der Waals surface area (Å²) in [4.78, 5) is 0.771. The van der Waals surface area contributed by atoms with Crippen LogP contribution in [-0.4, -0.2) is 11.6 Å². The van der Waals surface area contributed by atoms with E-state index in [2.05, 4.69) is 24.4 Å². The molecular weight excluding hydrogens is 170 g/mol. The zero-order valence-corrected chi connectivity index (χ0v) is 7.78. The molecule has 0 aromatic rings. The molecule has 1 heterocycles. The standard InChI is InChI=1S/C9H11NOS/c1-6-2-3-7-8(4-6)11-5-9(12)10-7/h3-4,6H,2,5H2,1H3,(H,10,12). The Bertz CT molecular complexity index is 280. The summed E-state index contributed by atoms with van der Waals surface area (Å²) < 4.78 is 5.45. The van der Waals surface area contributed by atoms with E-state index in [0.717, 1.165) is 22.9 Å². The molecule has 2 nitrogen and oxygen atoms in total. The highest BCUT2D eigenvalue weighted by Crippen LogP contribution is 2.23. The van der Waals surface area contributed by atoms with E-state index in [1.165, 1.54) is 0 Å². The van der Waals surface area contributed by atoms with E-state index in [1.807, 2.05) is 0 Å². The fourth-order valence-electron chi connectivity index (χ4n) is 1.39. The predicted molar refractivity (Wildman–Crippen MR) is 51.6 cm³/mol. The number of ether oxygens (including phenoxy) is 1. The maximum Gasteiger partial charge on any atom is 0.139 e. The van der Waals surface area contributed by atoms with Crippen LogP contribution in [0.5, 0.6) is 0 Å². The van der Waals surface area contributed by atoms with Gasteiger partial charge in [0.1, 0.15) is 17.4 Å². The van der Waals surface area contributed by atoms with Crippen LogP contribution in [0.25, 0.3) is 0 Å². The molecule has 3 heteroatoms. The van der Waals surface area contributed by atoms with E-state index in [4.69, 9.17) is 17.0 Å². The van der Waals surface area contributed by atoms with Crippen LogP contribution in [0.15, 0.2) is 23.6 Å². The van der Waals surface area contributed by atoms with Gasteiger partial charge >= 0.3 is 0 Å². The van der Waals surface area contributed by atoms with Gasteiger partial charge in [0, 0.05) is 0 Å². The molecule has 2 rings (SSSR count). The van der Waals surface area contributed by atoms with Crippen LogP contribution in [0.4, 0.5) is 0 Å². The third-order valence-electron chi connectivity index (χ3n) is 2.03. The van der Waals surface area contributed by atoms with Crippen molar-refractivity contribution in [3.63, 3.8) is 0 Å². The van der Waals surface area contributed by atoms with Crippen molar-refractivity contribution in [2.45, 2.75) is 13.3 Å². The lowest BCUT2D eigenvalue weighted by atomic mass is 10.00. The van der Waals surface area contributed by atoms with Crippen molar-refractivity contribution < 1.29 is 4.74 Å². The molecule has 0 amide bonds. The van der Waals surface area contributed by atoms with Gasteiger partial charge in [0.05, 0.1) is 5.70 Å². The molecule has 0 radical (unpaired) electrons. The molecule has 0 spiro atoms. The van der Waals surface area contributed by atoms with Crippen molar-refractivity contribution in [2.75, 3.05) is 6.61 Å². The first-order valence-electron chi connectivity index (χ1n) is 4.11. The molecule has 0 aromatic heterocycles. The minimum atomic E-state index is 0.519. The van der Waals surface area contributed by atoms with Gasteiger partial charge in [0.2, 0.25) is 0 Å². The Morgan fingerprint density at radius 3 is 3.33 bits per heavy atom. The summed E-state index contributed by atoms with van der Waals surface area (Å²) in [6.07, 6.45) is 5.35. The lowest BCUT2D eigenvalue weighted by Gasteiger charge is -2.26. The van der Waals surface area contributed by atoms with Crippen molar-refractivity contribution in [1.82, 2.24) is 5.32 Å². The maximum atomic E-state index is 5.45. The van der Waals surface area contributed by atoms with E-state index in [1.54, 1.807) is 0 Å². The van der Waals surface area contributed by atoms with E-state index >= 15 is 0 Å². The van der Waals surface area contributed by atoms with E-state index in [0.29, 0.717) is 12.5 Å². The number of fused-ring (bicyclic) bond motifs is 1. The summed E-state index contributed by atoms with van der Waals surface area (Å²) >= 11 is 5.00. The zero-order valence-electron chi connectivity index (χ0n) is 6.96. The van der Waals surface area contributed by atoms with Crippen LogP contribution in [0.1, 0.15) is 13.3 Å². The fourth-order valence-corrected chi connectivity index (χ4v) is 1.56. The number of hydrogen-bond acceptors (Lipinski definition) is 2. The second-order valence-corrected chi connectivity index (χ2v) is 3.69. The highest BCUT2D eigenvalue weighted by atomic mass is 32.1. The smallest absolute Gasteiger partial charge is 0.139 e. The van der Waals surface area contributed by atoms with Gasteiger partial charge in [-0.05, 0) is 18.4 Å². The fraction of sp³-hybridized carbons (Fsp3) is 0.444. The molecule has 1 fully saturated rings. The monoisotopic (exact) mass is 181 g/mol. The van der Waals surface area contributed by atoms with Gasteiger partial charge in [-0.25, -0.2) is 0 Å². The topological polar surface area (TPSA) is 21.3 Å². The van der Waals surface area contributed by atoms with Crippen LogP contribution in [0, 0.1) is 5.92 Å². The largest absolute Gasteiger partial charge is 0.485 e. The second kappa shape index (κ2) is 2.90. The van der Waals surface area contributed by atoms with Crippen molar-refractivity contribution in [3.05, 3.63) is 23.6 Å². The maximum absolute atomic E-state index is 5.45.